The van der Waals surface area contributed by atoms with Crippen molar-refractivity contribution in [1.29, 1.82) is 0 Å². The lowest BCUT2D eigenvalue weighted by Gasteiger charge is -2.06. The summed E-state index contributed by atoms with van der Waals surface area (Å²) < 4.78 is 10.0. The van der Waals surface area contributed by atoms with Gasteiger partial charge in [-0.05, 0) is 6.92 Å². The van der Waals surface area contributed by atoms with Gasteiger partial charge in [-0.25, -0.2) is 0 Å². The molecule has 0 N–H and O–H groups in total. The van der Waals surface area contributed by atoms with E-state index in [2.05, 4.69) is 0 Å². The van der Waals surface area contributed by atoms with E-state index in [0.717, 1.165) is 0 Å². The van der Waals surface area contributed by atoms with Crippen molar-refractivity contribution in [3.05, 3.63) is 0 Å². The summed E-state index contributed by atoms with van der Waals surface area (Å²) in [6, 6.07) is 0. The van der Waals surface area contributed by atoms with E-state index < -0.39 is 0 Å². The number of ether oxygens (including phenoxy) is 2. The number of rotatable bonds is 6. The van der Waals surface area contributed by atoms with Crippen LogP contribution in [0.2, 0.25) is 0 Å². The molecule has 0 saturated carbocycles. The molecule has 4 heteroatoms. The lowest BCUT2D eigenvalue weighted by molar-refractivity contribution is 0.0458. The zero-order valence-corrected chi connectivity index (χ0v) is 7.49. The SMILES string of the molecule is CCOCCOC(Cl)CCl. The summed E-state index contributed by atoms with van der Waals surface area (Å²) in [5.41, 5.74) is -0.387. The third kappa shape index (κ3) is 6.62. The second-order valence-corrected chi connectivity index (χ2v) is 2.43. The first kappa shape index (κ1) is 10.5. The van der Waals surface area contributed by atoms with Crippen molar-refractivity contribution in [2.75, 3.05) is 25.7 Å². The molecule has 0 heterocycles. The summed E-state index contributed by atoms with van der Waals surface area (Å²) in [5, 5.41) is 0. The monoisotopic (exact) mass is 186 g/mol. The fourth-order valence-corrected chi connectivity index (χ4v) is 0.602. The molecule has 0 amide bonds. The maximum Gasteiger partial charge on any atom is 0.144 e. The molecule has 0 aliphatic rings. The smallest absolute Gasteiger partial charge is 0.144 e. The molecule has 0 aliphatic heterocycles. The lowest BCUT2D eigenvalue weighted by atomic mass is 10.7. The lowest BCUT2D eigenvalue weighted by Crippen LogP contribution is -2.11. The highest BCUT2D eigenvalue weighted by Gasteiger charge is 1.99. The Morgan fingerprint density at radius 3 is 2.60 bits per heavy atom. The number of hydrogen-bond donors (Lipinski definition) is 0. The molecule has 1 atom stereocenters. The highest BCUT2D eigenvalue weighted by molar-refractivity contribution is 6.27. The van der Waals surface area contributed by atoms with Crippen molar-refractivity contribution in [3.8, 4) is 0 Å². The molecule has 0 fully saturated rings. The van der Waals surface area contributed by atoms with Gasteiger partial charge in [0.15, 0.2) is 0 Å². The second kappa shape index (κ2) is 7.61. The van der Waals surface area contributed by atoms with Gasteiger partial charge >= 0.3 is 0 Å². The predicted octanol–water partition coefficient (Wildman–Crippen LogP) is 1.84. The Hall–Kier alpha value is 0.500. The van der Waals surface area contributed by atoms with Crippen LogP contribution in [0.3, 0.4) is 0 Å². The van der Waals surface area contributed by atoms with Crippen LogP contribution in [0.5, 0.6) is 0 Å². The van der Waals surface area contributed by atoms with Gasteiger partial charge < -0.3 is 9.47 Å². The molecule has 0 radical (unpaired) electrons. The Labute approximate surface area is 71.4 Å². The van der Waals surface area contributed by atoms with E-state index in [1.54, 1.807) is 0 Å². The molecule has 10 heavy (non-hydrogen) atoms. The van der Waals surface area contributed by atoms with Crippen LogP contribution in [0.25, 0.3) is 0 Å². The first-order valence-corrected chi connectivity index (χ1v) is 4.17. The zero-order chi connectivity index (χ0) is 7.82. The van der Waals surface area contributed by atoms with Crippen LogP contribution < -0.4 is 0 Å². The van der Waals surface area contributed by atoms with E-state index in [0.29, 0.717) is 25.7 Å². The summed E-state index contributed by atoms with van der Waals surface area (Å²) in [7, 11) is 0. The summed E-state index contributed by atoms with van der Waals surface area (Å²) in [4.78, 5) is 0. The van der Waals surface area contributed by atoms with Crippen molar-refractivity contribution in [3.63, 3.8) is 0 Å². The van der Waals surface area contributed by atoms with Crippen molar-refractivity contribution in [2.24, 2.45) is 0 Å². The summed E-state index contributed by atoms with van der Waals surface area (Å²) in [6.07, 6.45) is 0. The van der Waals surface area contributed by atoms with E-state index >= 15 is 0 Å². The second-order valence-electron chi connectivity index (χ2n) is 1.63. The molecule has 0 saturated heterocycles. The third-order valence-electron chi connectivity index (χ3n) is 0.852. The van der Waals surface area contributed by atoms with Gasteiger partial charge in [0.1, 0.15) is 5.56 Å². The number of alkyl halides is 2. The highest BCUT2D eigenvalue weighted by Crippen LogP contribution is 1.99. The minimum absolute atomic E-state index is 0.313. The van der Waals surface area contributed by atoms with Crippen molar-refractivity contribution < 1.29 is 9.47 Å². The molecule has 62 valence electrons. The molecule has 0 rings (SSSR count). The van der Waals surface area contributed by atoms with Gasteiger partial charge in [0.2, 0.25) is 0 Å². The van der Waals surface area contributed by atoms with Crippen LogP contribution in [-0.4, -0.2) is 31.3 Å². The number of halogens is 2. The molecule has 0 spiro atoms. The van der Waals surface area contributed by atoms with Crippen molar-refractivity contribution in [1.82, 2.24) is 0 Å². The van der Waals surface area contributed by atoms with Gasteiger partial charge in [0.05, 0.1) is 19.1 Å². The van der Waals surface area contributed by atoms with E-state index in [9.17, 15) is 0 Å². The fourth-order valence-electron chi connectivity index (χ4n) is 0.424. The van der Waals surface area contributed by atoms with Gasteiger partial charge in [-0.15, -0.1) is 11.6 Å². The first-order valence-electron chi connectivity index (χ1n) is 3.20. The molecule has 1 unspecified atom stereocenters. The fraction of sp³-hybridized carbons (Fsp3) is 1.00. The van der Waals surface area contributed by atoms with Crippen LogP contribution in [-0.2, 0) is 9.47 Å². The Morgan fingerprint density at radius 1 is 1.40 bits per heavy atom. The summed E-state index contributed by atoms with van der Waals surface area (Å²) in [6.45, 7) is 3.72. The largest absolute Gasteiger partial charge is 0.379 e. The van der Waals surface area contributed by atoms with Crippen LogP contribution in [0, 0.1) is 0 Å². The summed E-state index contributed by atoms with van der Waals surface area (Å²) in [5.74, 6) is 0.313. The van der Waals surface area contributed by atoms with Crippen LogP contribution >= 0.6 is 23.2 Å². The maximum atomic E-state index is 5.53. The molecular formula is C6H12Cl2O2. The van der Waals surface area contributed by atoms with Crippen LogP contribution in [0.4, 0.5) is 0 Å². The van der Waals surface area contributed by atoms with Gasteiger partial charge in [0, 0.05) is 6.61 Å². The van der Waals surface area contributed by atoms with E-state index in [1.807, 2.05) is 6.92 Å². The third-order valence-corrected chi connectivity index (χ3v) is 1.57. The number of hydrogen-bond acceptors (Lipinski definition) is 2. The minimum Gasteiger partial charge on any atom is -0.379 e. The quantitative estimate of drug-likeness (QED) is 0.466. The normalized spacial score (nSPS) is 13.5. The average Bonchev–Trinajstić information content (AvgIpc) is 1.98. The van der Waals surface area contributed by atoms with Gasteiger partial charge in [-0.3, -0.25) is 0 Å². The first-order chi connectivity index (χ1) is 4.81. The Morgan fingerprint density at radius 2 is 2.10 bits per heavy atom. The topological polar surface area (TPSA) is 18.5 Å². The summed E-state index contributed by atoms with van der Waals surface area (Å²) >= 11 is 10.9. The van der Waals surface area contributed by atoms with E-state index in [1.165, 1.54) is 0 Å². The average molecular weight is 187 g/mol. The Balaban J connectivity index is 2.89. The maximum absolute atomic E-state index is 5.53. The zero-order valence-electron chi connectivity index (χ0n) is 5.98. The van der Waals surface area contributed by atoms with Crippen LogP contribution in [0.15, 0.2) is 0 Å². The highest BCUT2D eigenvalue weighted by atomic mass is 35.5. The van der Waals surface area contributed by atoms with E-state index in [-0.39, 0.29) is 5.56 Å². The molecule has 0 aromatic rings. The Kier molecular flexibility index (Phi) is 7.99. The van der Waals surface area contributed by atoms with Gasteiger partial charge in [-0.2, -0.15) is 0 Å². The predicted molar refractivity (Wildman–Crippen MR) is 42.8 cm³/mol. The molecule has 0 aromatic carbocycles. The van der Waals surface area contributed by atoms with Crippen molar-refractivity contribution >= 4 is 23.2 Å². The molecule has 2 nitrogen and oxygen atoms in total. The molecular weight excluding hydrogens is 175 g/mol. The van der Waals surface area contributed by atoms with Crippen LogP contribution in [0.1, 0.15) is 6.92 Å². The minimum atomic E-state index is -0.387. The standard InChI is InChI=1S/C6H12Cl2O2/c1-2-9-3-4-10-6(8)5-7/h6H,2-5H2,1H3. The molecule has 0 bridgehead atoms. The van der Waals surface area contributed by atoms with E-state index in [4.69, 9.17) is 32.7 Å². The molecule has 0 aliphatic carbocycles. The van der Waals surface area contributed by atoms with Gasteiger partial charge in [0.25, 0.3) is 0 Å². The van der Waals surface area contributed by atoms with Crippen molar-refractivity contribution in [2.45, 2.75) is 12.5 Å². The Bertz CT molecular complexity index is 70.8. The van der Waals surface area contributed by atoms with Gasteiger partial charge in [-0.1, -0.05) is 11.6 Å². The molecule has 0 aromatic heterocycles.